The summed E-state index contributed by atoms with van der Waals surface area (Å²) in [5, 5.41) is 32.1. The summed E-state index contributed by atoms with van der Waals surface area (Å²) < 4.78 is 0. The van der Waals surface area contributed by atoms with Gasteiger partial charge in [0.25, 0.3) is 5.69 Å². The van der Waals surface area contributed by atoms with Gasteiger partial charge in [0.1, 0.15) is 6.10 Å². The second kappa shape index (κ2) is 7.17. The standard InChI is InChI=1S/C11H13BrN2O5/c12-5-10(16)13-9(6-15)11(17)7-1-3-8(4-2-7)14(18)19/h1-4,9,11,15,17H,5-6H2,(H,13,16)/t9-,11-/m1/s1. The van der Waals surface area contributed by atoms with E-state index in [-0.39, 0.29) is 16.9 Å². The third kappa shape index (κ3) is 4.27. The summed E-state index contributed by atoms with van der Waals surface area (Å²) >= 11 is 2.95. The SMILES string of the molecule is O=C(CBr)N[C@H](CO)[C@H](O)c1ccc([N+](=O)[O-])cc1. The average molecular weight is 333 g/mol. The second-order valence-electron chi connectivity index (χ2n) is 3.78. The molecular formula is C11H13BrN2O5. The molecule has 0 spiro atoms. The van der Waals surface area contributed by atoms with Gasteiger partial charge in [-0.25, -0.2) is 0 Å². The van der Waals surface area contributed by atoms with E-state index >= 15 is 0 Å². The van der Waals surface area contributed by atoms with Crippen molar-refractivity contribution in [1.82, 2.24) is 5.32 Å². The Morgan fingerprint density at radius 2 is 2.00 bits per heavy atom. The predicted octanol–water partition coefficient (Wildman–Crippen LogP) is 0.500. The third-order valence-corrected chi connectivity index (χ3v) is 3.00. The van der Waals surface area contributed by atoms with Gasteiger partial charge in [-0.1, -0.05) is 15.9 Å². The molecule has 0 saturated heterocycles. The van der Waals surface area contributed by atoms with Crippen LogP contribution < -0.4 is 5.32 Å². The van der Waals surface area contributed by atoms with E-state index in [0.29, 0.717) is 5.56 Å². The molecule has 0 saturated carbocycles. The van der Waals surface area contributed by atoms with E-state index < -0.39 is 23.7 Å². The van der Waals surface area contributed by atoms with Crippen molar-refractivity contribution in [2.45, 2.75) is 12.1 Å². The van der Waals surface area contributed by atoms with E-state index in [2.05, 4.69) is 21.2 Å². The quantitative estimate of drug-likeness (QED) is 0.399. The highest BCUT2D eigenvalue weighted by Crippen LogP contribution is 2.20. The van der Waals surface area contributed by atoms with Crippen molar-refractivity contribution in [2.24, 2.45) is 0 Å². The Morgan fingerprint density at radius 1 is 1.42 bits per heavy atom. The monoisotopic (exact) mass is 332 g/mol. The molecule has 0 fully saturated rings. The van der Waals surface area contributed by atoms with Crippen molar-refractivity contribution < 1.29 is 19.9 Å². The number of non-ortho nitro benzene ring substituents is 1. The number of nitro groups is 1. The molecule has 7 nitrogen and oxygen atoms in total. The van der Waals surface area contributed by atoms with Crippen molar-refractivity contribution in [3.63, 3.8) is 0 Å². The number of halogens is 1. The highest BCUT2D eigenvalue weighted by atomic mass is 79.9. The van der Waals surface area contributed by atoms with Crippen LogP contribution >= 0.6 is 15.9 Å². The van der Waals surface area contributed by atoms with Crippen LogP contribution in [0.25, 0.3) is 0 Å². The number of carbonyl (C=O) groups is 1. The van der Waals surface area contributed by atoms with Gasteiger partial charge in [0.15, 0.2) is 0 Å². The number of benzene rings is 1. The number of alkyl halides is 1. The van der Waals surface area contributed by atoms with E-state index in [1.54, 1.807) is 0 Å². The van der Waals surface area contributed by atoms with Crippen molar-refractivity contribution >= 4 is 27.5 Å². The molecule has 0 heterocycles. The maximum Gasteiger partial charge on any atom is 0.269 e. The zero-order valence-corrected chi connectivity index (χ0v) is 11.4. The minimum Gasteiger partial charge on any atom is -0.394 e. The number of nitrogens with one attached hydrogen (secondary N) is 1. The smallest absolute Gasteiger partial charge is 0.269 e. The Balaban J connectivity index is 2.81. The maximum atomic E-state index is 11.2. The summed E-state index contributed by atoms with van der Waals surface area (Å²) in [5.74, 6) is -0.375. The minimum atomic E-state index is -1.14. The molecule has 1 aromatic rings. The fourth-order valence-electron chi connectivity index (χ4n) is 1.50. The zero-order valence-electron chi connectivity index (χ0n) is 9.82. The fraction of sp³-hybridized carbons (Fsp3) is 0.364. The number of nitrogens with zero attached hydrogens (tertiary/aromatic N) is 1. The Bertz CT molecular complexity index is 451. The molecule has 0 aliphatic carbocycles. The Labute approximate surface area is 117 Å². The summed E-state index contributed by atoms with van der Waals surface area (Å²) in [4.78, 5) is 21.1. The van der Waals surface area contributed by atoms with E-state index in [4.69, 9.17) is 5.11 Å². The van der Waals surface area contributed by atoms with Crippen LogP contribution in [0, 0.1) is 10.1 Å². The molecule has 2 atom stereocenters. The predicted molar refractivity (Wildman–Crippen MR) is 70.9 cm³/mol. The Morgan fingerprint density at radius 3 is 2.42 bits per heavy atom. The third-order valence-electron chi connectivity index (χ3n) is 2.49. The van der Waals surface area contributed by atoms with E-state index in [9.17, 15) is 20.0 Å². The average Bonchev–Trinajstić information content (AvgIpc) is 2.43. The Kier molecular flexibility index (Phi) is 5.87. The summed E-state index contributed by atoms with van der Waals surface area (Å²) in [5.41, 5.74) is 0.278. The van der Waals surface area contributed by atoms with Gasteiger partial charge in [0.2, 0.25) is 5.91 Å². The summed E-state index contributed by atoms with van der Waals surface area (Å²) in [6, 6.07) is 4.39. The molecule has 0 radical (unpaired) electrons. The molecule has 1 rings (SSSR count). The number of carbonyl (C=O) groups excluding carboxylic acids is 1. The van der Waals surface area contributed by atoms with Crippen molar-refractivity contribution in [1.29, 1.82) is 0 Å². The lowest BCUT2D eigenvalue weighted by Crippen LogP contribution is -2.42. The van der Waals surface area contributed by atoms with Crippen LogP contribution in [0.5, 0.6) is 0 Å². The van der Waals surface area contributed by atoms with Gasteiger partial charge >= 0.3 is 0 Å². The van der Waals surface area contributed by atoms with Crippen LogP contribution in [0.15, 0.2) is 24.3 Å². The van der Waals surface area contributed by atoms with Crippen molar-refractivity contribution in [3.8, 4) is 0 Å². The van der Waals surface area contributed by atoms with Crippen molar-refractivity contribution in [3.05, 3.63) is 39.9 Å². The zero-order chi connectivity index (χ0) is 14.4. The molecule has 1 amide bonds. The van der Waals surface area contributed by atoms with Crippen LogP contribution in [0.1, 0.15) is 11.7 Å². The van der Waals surface area contributed by atoms with Crippen LogP contribution in [0.3, 0.4) is 0 Å². The van der Waals surface area contributed by atoms with Gasteiger partial charge in [-0.05, 0) is 17.7 Å². The molecule has 1 aromatic carbocycles. The molecule has 0 aliphatic rings. The second-order valence-corrected chi connectivity index (χ2v) is 4.34. The highest BCUT2D eigenvalue weighted by molar-refractivity contribution is 9.09. The summed E-state index contributed by atoms with van der Waals surface area (Å²) in [7, 11) is 0. The molecule has 8 heteroatoms. The topological polar surface area (TPSA) is 113 Å². The van der Waals surface area contributed by atoms with Gasteiger partial charge in [-0.3, -0.25) is 14.9 Å². The molecular weight excluding hydrogens is 320 g/mol. The van der Waals surface area contributed by atoms with Gasteiger partial charge in [-0.15, -0.1) is 0 Å². The van der Waals surface area contributed by atoms with Gasteiger partial charge in [0.05, 0.1) is 22.9 Å². The molecule has 0 unspecified atom stereocenters. The van der Waals surface area contributed by atoms with Gasteiger partial charge in [-0.2, -0.15) is 0 Å². The first-order valence-corrected chi connectivity index (χ1v) is 6.50. The number of amides is 1. The molecule has 19 heavy (non-hydrogen) atoms. The molecule has 0 bridgehead atoms. The first kappa shape index (κ1) is 15.5. The van der Waals surface area contributed by atoms with Crippen LogP contribution in [0.2, 0.25) is 0 Å². The highest BCUT2D eigenvalue weighted by Gasteiger charge is 2.22. The van der Waals surface area contributed by atoms with E-state index in [0.717, 1.165) is 0 Å². The minimum absolute atomic E-state index is 0.0521. The molecule has 3 N–H and O–H groups in total. The normalized spacial score (nSPS) is 13.6. The summed E-state index contributed by atoms with van der Waals surface area (Å²) in [6.45, 7) is -0.448. The van der Waals surface area contributed by atoms with Crippen LogP contribution in [-0.2, 0) is 4.79 Å². The number of aliphatic hydroxyl groups excluding tert-OH is 2. The first-order chi connectivity index (χ1) is 8.99. The van der Waals surface area contributed by atoms with Crippen LogP contribution in [-0.4, -0.2) is 39.0 Å². The van der Waals surface area contributed by atoms with Crippen molar-refractivity contribution in [2.75, 3.05) is 11.9 Å². The largest absolute Gasteiger partial charge is 0.394 e. The summed E-state index contributed by atoms with van der Waals surface area (Å²) in [6.07, 6.45) is -1.14. The molecule has 0 aromatic heterocycles. The fourth-order valence-corrected chi connectivity index (χ4v) is 1.66. The van der Waals surface area contributed by atoms with Gasteiger partial charge in [0, 0.05) is 12.1 Å². The van der Waals surface area contributed by atoms with E-state index in [1.165, 1.54) is 24.3 Å². The van der Waals surface area contributed by atoms with Crippen LogP contribution in [0.4, 0.5) is 5.69 Å². The Hall–Kier alpha value is -1.51. The lowest BCUT2D eigenvalue weighted by atomic mass is 10.0. The number of nitro benzene ring substituents is 1. The van der Waals surface area contributed by atoms with Gasteiger partial charge < -0.3 is 15.5 Å². The number of hydrogen-bond donors (Lipinski definition) is 3. The number of hydrogen-bond acceptors (Lipinski definition) is 5. The first-order valence-electron chi connectivity index (χ1n) is 5.38. The number of aliphatic hydroxyl groups is 2. The number of rotatable bonds is 6. The lowest BCUT2D eigenvalue weighted by Gasteiger charge is -2.22. The van der Waals surface area contributed by atoms with E-state index in [1.807, 2.05) is 0 Å². The molecule has 104 valence electrons. The maximum absolute atomic E-state index is 11.2. The molecule has 0 aliphatic heterocycles. The lowest BCUT2D eigenvalue weighted by molar-refractivity contribution is -0.384.